The minimum atomic E-state index is -1.54. The summed E-state index contributed by atoms with van der Waals surface area (Å²) in [6.07, 6.45) is 6.98. The molecule has 0 aromatic carbocycles. The molecule has 1 atom stereocenters. The van der Waals surface area contributed by atoms with Gasteiger partial charge in [-0.1, -0.05) is 39.0 Å². The molecule has 0 aliphatic heterocycles. The van der Waals surface area contributed by atoms with Crippen molar-refractivity contribution in [2.45, 2.75) is 64.4 Å². The Morgan fingerprint density at radius 3 is 2.14 bits per heavy atom. The van der Waals surface area contributed by atoms with Crippen molar-refractivity contribution in [2.75, 3.05) is 0 Å². The second kappa shape index (κ2) is 6.82. The molecule has 0 fully saturated rings. The normalized spacial score (nSPS) is 15.1. The van der Waals surface area contributed by atoms with E-state index < -0.39 is 11.6 Å². The third-order valence-electron chi connectivity index (χ3n) is 2.48. The van der Waals surface area contributed by atoms with Crippen LogP contribution in [-0.4, -0.2) is 21.8 Å². The predicted molar refractivity (Wildman–Crippen MR) is 56.3 cm³/mol. The Morgan fingerprint density at radius 2 is 1.64 bits per heavy atom. The van der Waals surface area contributed by atoms with E-state index in [0.29, 0.717) is 6.42 Å². The van der Waals surface area contributed by atoms with Gasteiger partial charge in [-0.25, -0.2) is 4.79 Å². The van der Waals surface area contributed by atoms with Gasteiger partial charge in [-0.3, -0.25) is 0 Å². The molecule has 0 radical (unpaired) electrons. The Balaban J connectivity index is 3.40. The van der Waals surface area contributed by atoms with Crippen molar-refractivity contribution in [3.8, 4) is 0 Å². The lowest BCUT2D eigenvalue weighted by Gasteiger charge is -2.17. The van der Waals surface area contributed by atoms with Crippen molar-refractivity contribution >= 4 is 5.97 Å². The maximum atomic E-state index is 10.5. The van der Waals surface area contributed by atoms with Crippen molar-refractivity contribution in [3.05, 3.63) is 0 Å². The van der Waals surface area contributed by atoms with Crippen LogP contribution in [-0.2, 0) is 4.79 Å². The monoisotopic (exact) mass is 202 g/mol. The van der Waals surface area contributed by atoms with Gasteiger partial charge in [0.25, 0.3) is 0 Å². The highest BCUT2D eigenvalue weighted by Crippen LogP contribution is 2.15. The fourth-order valence-electron chi connectivity index (χ4n) is 1.36. The summed E-state index contributed by atoms with van der Waals surface area (Å²) in [5.74, 6) is -1.12. The highest BCUT2D eigenvalue weighted by atomic mass is 16.4. The molecule has 3 heteroatoms. The topological polar surface area (TPSA) is 57.5 Å². The van der Waals surface area contributed by atoms with Crippen LogP contribution >= 0.6 is 0 Å². The fourth-order valence-corrected chi connectivity index (χ4v) is 1.36. The van der Waals surface area contributed by atoms with E-state index in [2.05, 4.69) is 6.92 Å². The summed E-state index contributed by atoms with van der Waals surface area (Å²) in [6, 6.07) is 0. The van der Waals surface area contributed by atoms with Gasteiger partial charge in [0.05, 0.1) is 0 Å². The Bertz CT molecular complexity index is 164. The highest BCUT2D eigenvalue weighted by molar-refractivity contribution is 5.76. The van der Waals surface area contributed by atoms with Crippen LogP contribution in [0.1, 0.15) is 58.8 Å². The Hall–Kier alpha value is -0.570. The summed E-state index contributed by atoms with van der Waals surface area (Å²) in [6.45, 7) is 3.52. The largest absolute Gasteiger partial charge is 0.479 e. The number of unbranched alkanes of at least 4 members (excludes halogenated alkanes) is 5. The smallest absolute Gasteiger partial charge is 0.335 e. The van der Waals surface area contributed by atoms with Crippen LogP contribution in [0.2, 0.25) is 0 Å². The van der Waals surface area contributed by atoms with Crippen molar-refractivity contribution in [1.82, 2.24) is 0 Å². The van der Waals surface area contributed by atoms with Gasteiger partial charge >= 0.3 is 5.97 Å². The Morgan fingerprint density at radius 1 is 1.14 bits per heavy atom. The summed E-state index contributed by atoms with van der Waals surface area (Å²) in [5, 5.41) is 18.0. The summed E-state index contributed by atoms with van der Waals surface area (Å²) in [7, 11) is 0. The van der Waals surface area contributed by atoms with E-state index in [4.69, 9.17) is 5.11 Å². The summed E-state index contributed by atoms with van der Waals surface area (Å²) >= 11 is 0. The first kappa shape index (κ1) is 13.4. The molecule has 0 rings (SSSR count). The molecule has 0 saturated heterocycles. The zero-order valence-corrected chi connectivity index (χ0v) is 9.25. The molecule has 2 N–H and O–H groups in total. The van der Waals surface area contributed by atoms with Gasteiger partial charge in [-0.15, -0.1) is 0 Å². The minimum absolute atomic E-state index is 0.356. The number of hydrogen-bond acceptors (Lipinski definition) is 2. The number of carbonyl (C=O) groups is 1. The highest BCUT2D eigenvalue weighted by Gasteiger charge is 2.28. The molecule has 0 bridgehead atoms. The average Bonchev–Trinajstić information content (AvgIpc) is 2.10. The molecule has 0 aromatic heterocycles. The van der Waals surface area contributed by atoms with Crippen LogP contribution in [0.15, 0.2) is 0 Å². The van der Waals surface area contributed by atoms with Crippen LogP contribution in [0.3, 0.4) is 0 Å². The van der Waals surface area contributed by atoms with E-state index in [1.807, 2.05) is 0 Å². The molecule has 0 spiro atoms. The molecule has 0 amide bonds. The predicted octanol–water partition coefficient (Wildman–Crippen LogP) is 2.57. The first-order valence-electron chi connectivity index (χ1n) is 5.46. The molecule has 14 heavy (non-hydrogen) atoms. The van der Waals surface area contributed by atoms with E-state index in [1.54, 1.807) is 0 Å². The SMILES string of the molecule is CCCCCCCCC(C)(O)C(=O)O. The summed E-state index contributed by atoms with van der Waals surface area (Å²) < 4.78 is 0. The summed E-state index contributed by atoms with van der Waals surface area (Å²) in [4.78, 5) is 10.5. The molecule has 0 aromatic rings. The summed E-state index contributed by atoms with van der Waals surface area (Å²) in [5.41, 5.74) is -1.54. The van der Waals surface area contributed by atoms with E-state index in [1.165, 1.54) is 26.2 Å². The van der Waals surface area contributed by atoms with E-state index >= 15 is 0 Å². The Labute approximate surface area is 86.1 Å². The number of aliphatic carboxylic acids is 1. The lowest BCUT2D eigenvalue weighted by atomic mass is 9.98. The van der Waals surface area contributed by atoms with Gasteiger partial charge in [0.15, 0.2) is 5.60 Å². The van der Waals surface area contributed by atoms with Crippen LogP contribution in [0.5, 0.6) is 0 Å². The molecule has 0 saturated carbocycles. The number of carboxylic acids is 1. The van der Waals surface area contributed by atoms with Crippen LogP contribution < -0.4 is 0 Å². The van der Waals surface area contributed by atoms with Gasteiger partial charge < -0.3 is 10.2 Å². The maximum Gasteiger partial charge on any atom is 0.335 e. The number of aliphatic hydroxyl groups is 1. The zero-order chi connectivity index (χ0) is 11.0. The van der Waals surface area contributed by atoms with Crippen molar-refractivity contribution in [2.24, 2.45) is 0 Å². The maximum absolute atomic E-state index is 10.5. The average molecular weight is 202 g/mol. The lowest BCUT2D eigenvalue weighted by Crippen LogP contribution is -2.34. The van der Waals surface area contributed by atoms with Crippen molar-refractivity contribution < 1.29 is 15.0 Å². The molecular weight excluding hydrogens is 180 g/mol. The standard InChI is InChI=1S/C11H22O3/c1-3-4-5-6-7-8-9-11(2,14)10(12)13/h14H,3-9H2,1-2H3,(H,12,13). The third kappa shape index (κ3) is 5.97. The molecule has 84 valence electrons. The van der Waals surface area contributed by atoms with Gasteiger partial charge in [-0.05, 0) is 19.8 Å². The third-order valence-corrected chi connectivity index (χ3v) is 2.48. The first-order chi connectivity index (χ1) is 6.50. The molecule has 3 nitrogen and oxygen atoms in total. The van der Waals surface area contributed by atoms with Crippen LogP contribution in [0.25, 0.3) is 0 Å². The molecular formula is C11H22O3. The molecule has 0 aliphatic rings. The van der Waals surface area contributed by atoms with Crippen LogP contribution in [0, 0.1) is 0 Å². The van der Waals surface area contributed by atoms with Gasteiger partial charge in [-0.2, -0.15) is 0 Å². The molecule has 0 aliphatic carbocycles. The zero-order valence-electron chi connectivity index (χ0n) is 9.25. The fraction of sp³-hybridized carbons (Fsp3) is 0.909. The lowest BCUT2D eigenvalue weighted by molar-refractivity contribution is -0.157. The number of rotatable bonds is 8. The van der Waals surface area contributed by atoms with Crippen LogP contribution in [0.4, 0.5) is 0 Å². The Kier molecular flexibility index (Phi) is 6.54. The van der Waals surface area contributed by atoms with Crippen molar-refractivity contribution in [3.63, 3.8) is 0 Å². The number of hydrogen-bond donors (Lipinski definition) is 2. The van der Waals surface area contributed by atoms with Gasteiger partial charge in [0.1, 0.15) is 0 Å². The second-order valence-corrected chi connectivity index (χ2v) is 4.10. The first-order valence-corrected chi connectivity index (χ1v) is 5.46. The quantitative estimate of drug-likeness (QED) is 0.595. The van der Waals surface area contributed by atoms with E-state index in [-0.39, 0.29) is 0 Å². The second-order valence-electron chi connectivity index (χ2n) is 4.10. The van der Waals surface area contributed by atoms with E-state index in [0.717, 1.165) is 19.3 Å². The minimum Gasteiger partial charge on any atom is -0.479 e. The van der Waals surface area contributed by atoms with Crippen molar-refractivity contribution in [1.29, 1.82) is 0 Å². The van der Waals surface area contributed by atoms with Gasteiger partial charge in [0.2, 0.25) is 0 Å². The molecule has 0 heterocycles. The van der Waals surface area contributed by atoms with Gasteiger partial charge in [0, 0.05) is 0 Å². The number of carboxylic acid groups (broad SMARTS) is 1. The van der Waals surface area contributed by atoms with E-state index in [9.17, 15) is 9.90 Å². The molecule has 1 unspecified atom stereocenters.